The van der Waals surface area contributed by atoms with Crippen LogP contribution in [0.2, 0.25) is 0 Å². The summed E-state index contributed by atoms with van der Waals surface area (Å²) in [6, 6.07) is 8.40. The molecule has 1 saturated heterocycles. The minimum Gasteiger partial charge on any atom is -0.496 e. The number of hydrogen-bond donors (Lipinski definition) is 1. The van der Waals surface area contributed by atoms with E-state index in [0.29, 0.717) is 0 Å². The van der Waals surface area contributed by atoms with Gasteiger partial charge in [-0.2, -0.15) is 0 Å². The molecule has 5 heteroatoms. The first-order valence-corrected chi connectivity index (χ1v) is 11.2. The summed E-state index contributed by atoms with van der Waals surface area (Å²) in [6.07, 6.45) is 9.18. The summed E-state index contributed by atoms with van der Waals surface area (Å²) in [5.41, 5.74) is 2.55. The van der Waals surface area contributed by atoms with Crippen LogP contribution in [0.1, 0.15) is 49.7 Å². The summed E-state index contributed by atoms with van der Waals surface area (Å²) < 4.78 is 5.51. The van der Waals surface area contributed by atoms with Gasteiger partial charge < -0.3 is 19.5 Å². The molecule has 0 saturated carbocycles. The summed E-state index contributed by atoms with van der Waals surface area (Å²) in [7, 11) is 4.00. The molecule has 1 aromatic carbocycles. The smallest absolute Gasteiger partial charge is 0.122 e. The average Bonchev–Trinajstić information content (AvgIpc) is 3.18. The van der Waals surface area contributed by atoms with Crippen molar-refractivity contribution in [3.05, 3.63) is 47.5 Å². The number of ether oxygens (including phenoxy) is 1. The maximum absolute atomic E-state index is 5.51. The Kier molecular flexibility index (Phi) is 8.56. The highest BCUT2D eigenvalue weighted by atomic mass is 16.5. The van der Waals surface area contributed by atoms with Gasteiger partial charge in [-0.3, -0.25) is 0 Å². The molecule has 1 N–H and O–H groups in total. The Bertz CT molecular complexity index is 729. The van der Waals surface area contributed by atoms with Crippen molar-refractivity contribution < 1.29 is 4.74 Å². The lowest BCUT2D eigenvalue weighted by atomic mass is 9.97. The number of piperidine rings is 1. The number of nitrogens with zero attached hydrogens (tertiary/aromatic N) is 3. The molecule has 0 radical (unpaired) electrons. The fraction of sp³-hybridized carbons (Fsp3) is 0.625. The van der Waals surface area contributed by atoms with E-state index in [4.69, 9.17) is 4.74 Å². The first-order valence-electron chi connectivity index (χ1n) is 11.2. The maximum atomic E-state index is 5.51. The quantitative estimate of drug-likeness (QED) is 0.618. The second-order valence-corrected chi connectivity index (χ2v) is 8.53. The molecular formula is C24H38N4O. The van der Waals surface area contributed by atoms with E-state index in [1.165, 1.54) is 50.0 Å². The van der Waals surface area contributed by atoms with E-state index >= 15 is 0 Å². The lowest BCUT2D eigenvalue weighted by molar-refractivity contribution is 0.141. The Balaban J connectivity index is 1.43. The van der Waals surface area contributed by atoms with Crippen LogP contribution in [-0.4, -0.2) is 60.1 Å². The third-order valence-corrected chi connectivity index (χ3v) is 5.95. The first kappa shape index (κ1) is 21.8. The Morgan fingerprint density at radius 2 is 2.14 bits per heavy atom. The molecule has 5 nitrogen and oxygen atoms in total. The van der Waals surface area contributed by atoms with Crippen LogP contribution in [0.5, 0.6) is 5.75 Å². The second kappa shape index (κ2) is 11.4. The Labute approximate surface area is 176 Å². The highest BCUT2D eigenvalue weighted by Gasteiger charge is 2.21. The zero-order chi connectivity index (χ0) is 20.5. The van der Waals surface area contributed by atoms with Gasteiger partial charge in [0.25, 0.3) is 0 Å². The van der Waals surface area contributed by atoms with Crippen LogP contribution in [-0.2, 0) is 19.4 Å². The average molecular weight is 399 g/mol. The van der Waals surface area contributed by atoms with Crippen LogP contribution >= 0.6 is 0 Å². The molecule has 2 aromatic rings. The molecule has 0 spiro atoms. The third kappa shape index (κ3) is 6.86. The molecule has 1 fully saturated rings. The number of rotatable bonds is 11. The van der Waals surface area contributed by atoms with Gasteiger partial charge in [0.2, 0.25) is 0 Å². The Morgan fingerprint density at radius 1 is 1.28 bits per heavy atom. The summed E-state index contributed by atoms with van der Waals surface area (Å²) in [4.78, 5) is 13.1. The van der Waals surface area contributed by atoms with Crippen LogP contribution in [0.15, 0.2) is 30.5 Å². The van der Waals surface area contributed by atoms with E-state index in [9.17, 15) is 0 Å². The van der Waals surface area contributed by atoms with Gasteiger partial charge in [0.05, 0.1) is 7.11 Å². The van der Waals surface area contributed by atoms with Crippen LogP contribution in [0, 0.1) is 5.92 Å². The zero-order valence-corrected chi connectivity index (χ0v) is 18.5. The number of nitrogens with one attached hydrogen (secondary N) is 1. The lowest BCUT2D eigenvalue weighted by Gasteiger charge is -2.34. The van der Waals surface area contributed by atoms with E-state index < -0.39 is 0 Å². The predicted octanol–water partition coefficient (Wildman–Crippen LogP) is 4.15. The van der Waals surface area contributed by atoms with E-state index in [2.05, 4.69) is 51.9 Å². The molecule has 0 unspecified atom stereocenters. The first-order chi connectivity index (χ1) is 14.2. The van der Waals surface area contributed by atoms with Crippen molar-refractivity contribution in [3.8, 4) is 5.75 Å². The summed E-state index contributed by atoms with van der Waals surface area (Å²) in [5.74, 6) is 2.89. The van der Waals surface area contributed by atoms with E-state index in [0.717, 1.165) is 50.0 Å². The van der Waals surface area contributed by atoms with Crippen molar-refractivity contribution in [3.63, 3.8) is 0 Å². The van der Waals surface area contributed by atoms with Gasteiger partial charge >= 0.3 is 0 Å². The molecular weight excluding hydrogens is 360 g/mol. The summed E-state index contributed by atoms with van der Waals surface area (Å²) in [6.45, 7) is 7.86. The number of aryl methyl sites for hydroxylation is 1. The van der Waals surface area contributed by atoms with Gasteiger partial charge in [-0.15, -0.1) is 0 Å². The van der Waals surface area contributed by atoms with Crippen molar-refractivity contribution in [2.24, 2.45) is 5.92 Å². The van der Waals surface area contributed by atoms with Crippen LogP contribution in [0.25, 0.3) is 0 Å². The van der Waals surface area contributed by atoms with E-state index in [1.807, 2.05) is 12.3 Å². The molecule has 2 heterocycles. The van der Waals surface area contributed by atoms with Gasteiger partial charge in [-0.05, 0) is 56.8 Å². The van der Waals surface area contributed by atoms with Crippen molar-refractivity contribution >= 4 is 0 Å². The molecule has 0 bridgehead atoms. The van der Waals surface area contributed by atoms with Crippen molar-refractivity contribution in [2.45, 2.75) is 52.0 Å². The lowest BCUT2D eigenvalue weighted by Crippen LogP contribution is -2.40. The van der Waals surface area contributed by atoms with Crippen LogP contribution in [0.3, 0.4) is 0 Å². The van der Waals surface area contributed by atoms with Gasteiger partial charge in [0.1, 0.15) is 11.6 Å². The number of aromatic amines is 1. The Morgan fingerprint density at radius 3 is 2.97 bits per heavy atom. The normalized spacial score (nSPS) is 17.7. The Hall–Kier alpha value is -1.85. The molecule has 0 amide bonds. The molecule has 1 aromatic heterocycles. The van der Waals surface area contributed by atoms with Crippen molar-refractivity contribution in [1.29, 1.82) is 0 Å². The minimum absolute atomic E-state index is 0.744. The number of methoxy groups -OCH3 is 1. The van der Waals surface area contributed by atoms with Gasteiger partial charge in [0, 0.05) is 44.5 Å². The molecule has 0 aliphatic carbocycles. The molecule has 1 atom stereocenters. The van der Waals surface area contributed by atoms with E-state index in [1.54, 1.807) is 7.11 Å². The number of unbranched alkanes of at least 4 members (excludes halogenated alkanes) is 1. The number of imidazole rings is 1. The SMILES string of the molecule is CCCCc1ncc(CN(C)C[C@H]2CCCN(CCc3ccccc3OC)C2)[nH]1. The maximum Gasteiger partial charge on any atom is 0.122 e. The molecule has 1 aliphatic rings. The second-order valence-electron chi connectivity index (χ2n) is 8.53. The van der Waals surface area contributed by atoms with Gasteiger partial charge in [-0.1, -0.05) is 31.5 Å². The third-order valence-electron chi connectivity index (χ3n) is 5.95. The van der Waals surface area contributed by atoms with Crippen LogP contribution in [0.4, 0.5) is 0 Å². The number of para-hydroxylation sites is 1. The summed E-state index contributed by atoms with van der Waals surface area (Å²) >= 11 is 0. The molecule has 1 aliphatic heterocycles. The van der Waals surface area contributed by atoms with Gasteiger partial charge in [-0.25, -0.2) is 4.98 Å². The van der Waals surface area contributed by atoms with Crippen molar-refractivity contribution in [2.75, 3.05) is 40.3 Å². The van der Waals surface area contributed by atoms with E-state index in [-0.39, 0.29) is 0 Å². The number of aromatic nitrogens is 2. The molecule has 160 valence electrons. The fourth-order valence-electron chi connectivity index (χ4n) is 4.44. The number of benzene rings is 1. The zero-order valence-electron chi connectivity index (χ0n) is 18.5. The summed E-state index contributed by atoms with van der Waals surface area (Å²) in [5, 5.41) is 0. The standard InChI is InChI=1S/C24H38N4O/c1-4-5-12-24-25-16-22(26-24)19-27(2)17-20-9-8-14-28(18-20)15-13-21-10-6-7-11-23(21)29-3/h6-7,10-11,16,20H,4-5,8-9,12-15,17-19H2,1-3H3,(H,25,26)/t20-/m1/s1. The molecule has 3 rings (SSSR count). The molecule has 29 heavy (non-hydrogen) atoms. The largest absolute Gasteiger partial charge is 0.496 e. The number of likely N-dealkylation sites (tertiary alicyclic amines) is 1. The highest BCUT2D eigenvalue weighted by Crippen LogP contribution is 2.21. The fourth-order valence-corrected chi connectivity index (χ4v) is 4.44. The predicted molar refractivity (Wildman–Crippen MR) is 119 cm³/mol. The number of hydrogen-bond acceptors (Lipinski definition) is 4. The topological polar surface area (TPSA) is 44.4 Å². The van der Waals surface area contributed by atoms with Gasteiger partial charge in [0.15, 0.2) is 0 Å². The highest BCUT2D eigenvalue weighted by molar-refractivity contribution is 5.33. The monoisotopic (exact) mass is 398 g/mol. The van der Waals surface area contributed by atoms with Crippen LogP contribution < -0.4 is 4.74 Å². The number of H-pyrrole nitrogens is 1. The van der Waals surface area contributed by atoms with Crippen molar-refractivity contribution in [1.82, 2.24) is 19.8 Å². The minimum atomic E-state index is 0.744.